The number of hydrogen-bond donors (Lipinski definition) is 2. The van der Waals surface area contributed by atoms with E-state index in [1.807, 2.05) is 0 Å². The first-order valence-electron chi connectivity index (χ1n) is 7.05. The molecule has 8 nitrogen and oxygen atoms in total. The van der Waals surface area contributed by atoms with Gasteiger partial charge in [0.1, 0.15) is 10.7 Å². The zero-order valence-corrected chi connectivity index (χ0v) is 13.5. The van der Waals surface area contributed by atoms with Crippen LogP contribution in [0.3, 0.4) is 0 Å². The lowest BCUT2D eigenvalue weighted by Crippen LogP contribution is -2.46. The van der Waals surface area contributed by atoms with Crippen LogP contribution < -0.4 is 10.0 Å². The van der Waals surface area contributed by atoms with Crippen LogP contribution in [0.15, 0.2) is 15.4 Å². The normalized spacial score (nSPS) is 16.6. The van der Waals surface area contributed by atoms with E-state index >= 15 is 0 Å². The van der Waals surface area contributed by atoms with E-state index in [4.69, 9.17) is 4.42 Å². The van der Waals surface area contributed by atoms with Gasteiger partial charge in [-0.1, -0.05) is 0 Å². The van der Waals surface area contributed by atoms with Crippen LogP contribution in [0.25, 0.3) is 0 Å². The lowest BCUT2D eigenvalue weighted by atomic mass is 10.3. The molecule has 1 aliphatic rings. The van der Waals surface area contributed by atoms with E-state index in [1.165, 1.54) is 20.1 Å². The number of hydrogen-bond acceptors (Lipinski definition) is 7. The fourth-order valence-electron chi connectivity index (χ4n) is 2.28. The standard InChI is InChI=1S/C13H21N3O5S/c1-10-12(9-11(21-10)13(17)20-2)22(18,19)15-5-8-16-6-3-14-4-7-16/h9,14-15H,3-8H2,1-2H3. The second-order valence-electron chi connectivity index (χ2n) is 5.01. The van der Waals surface area contributed by atoms with E-state index in [0.717, 1.165) is 26.2 Å². The summed E-state index contributed by atoms with van der Waals surface area (Å²) in [6, 6.07) is 1.19. The highest BCUT2D eigenvalue weighted by atomic mass is 32.2. The molecular formula is C13H21N3O5S. The first-order chi connectivity index (χ1) is 10.4. The van der Waals surface area contributed by atoms with Gasteiger partial charge in [0.25, 0.3) is 0 Å². The van der Waals surface area contributed by atoms with Crippen molar-refractivity contribution < 1.29 is 22.4 Å². The first kappa shape index (κ1) is 16.9. The number of carbonyl (C=O) groups excluding carboxylic acids is 1. The molecule has 0 amide bonds. The van der Waals surface area contributed by atoms with Crippen molar-refractivity contribution in [3.8, 4) is 0 Å². The van der Waals surface area contributed by atoms with E-state index in [0.29, 0.717) is 13.1 Å². The van der Waals surface area contributed by atoms with E-state index < -0.39 is 16.0 Å². The third-order valence-corrected chi connectivity index (χ3v) is 5.05. The van der Waals surface area contributed by atoms with Crippen LogP contribution in [-0.4, -0.2) is 65.7 Å². The monoisotopic (exact) mass is 331 g/mol. The van der Waals surface area contributed by atoms with Gasteiger partial charge in [-0.05, 0) is 6.92 Å². The van der Waals surface area contributed by atoms with Crippen LogP contribution >= 0.6 is 0 Å². The molecule has 2 heterocycles. The maximum Gasteiger partial charge on any atom is 0.373 e. The number of sulfonamides is 1. The summed E-state index contributed by atoms with van der Waals surface area (Å²) >= 11 is 0. The Morgan fingerprint density at radius 2 is 2.14 bits per heavy atom. The Labute approximate surface area is 129 Å². The molecule has 2 N–H and O–H groups in total. The van der Waals surface area contributed by atoms with Crippen LogP contribution in [0.5, 0.6) is 0 Å². The summed E-state index contributed by atoms with van der Waals surface area (Å²) in [5.74, 6) is -0.664. The van der Waals surface area contributed by atoms with Crippen LogP contribution in [-0.2, 0) is 14.8 Å². The summed E-state index contributed by atoms with van der Waals surface area (Å²) in [5, 5.41) is 3.24. The van der Waals surface area contributed by atoms with Gasteiger partial charge >= 0.3 is 5.97 Å². The Hall–Kier alpha value is -1.42. The van der Waals surface area contributed by atoms with Gasteiger partial charge in [0.05, 0.1) is 7.11 Å². The summed E-state index contributed by atoms with van der Waals surface area (Å²) in [6.07, 6.45) is 0. The largest absolute Gasteiger partial charge is 0.463 e. The minimum absolute atomic E-state index is 0.0341. The summed E-state index contributed by atoms with van der Waals surface area (Å²) in [7, 11) is -2.50. The van der Waals surface area contributed by atoms with Crippen molar-refractivity contribution >= 4 is 16.0 Å². The van der Waals surface area contributed by atoms with Crippen molar-refractivity contribution in [2.75, 3.05) is 46.4 Å². The molecule has 0 radical (unpaired) electrons. The van der Waals surface area contributed by atoms with Gasteiger partial charge in [-0.2, -0.15) is 0 Å². The minimum atomic E-state index is -3.71. The molecule has 0 aromatic carbocycles. The van der Waals surface area contributed by atoms with Crippen LogP contribution in [0, 0.1) is 6.92 Å². The first-order valence-corrected chi connectivity index (χ1v) is 8.54. The van der Waals surface area contributed by atoms with E-state index in [2.05, 4.69) is 19.7 Å². The summed E-state index contributed by atoms with van der Waals surface area (Å²) in [4.78, 5) is 13.5. The fourth-order valence-corrected chi connectivity index (χ4v) is 3.48. The van der Waals surface area contributed by atoms with Crippen molar-refractivity contribution in [2.45, 2.75) is 11.8 Å². The van der Waals surface area contributed by atoms with E-state index in [9.17, 15) is 13.2 Å². The molecule has 0 unspecified atom stereocenters. The fraction of sp³-hybridized carbons (Fsp3) is 0.615. The van der Waals surface area contributed by atoms with Crippen molar-refractivity contribution in [1.29, 1.82) is 0 Å². The molecule has 0 saturated carbocycles. The molecule has 124 valence electrons. The van der Waals surface area contributed by atoms with Gasteiger partial charge < -0.3 is 14.5 Å². The number of nitrogens with zero attached hydrogens (tertiary/aromatic N) is 1. The van der Waals surface area contributed by atoms with E-state index in [-0.39, 0.29) is 16.4 Å². The second kappa shape index (κ2) is 7.23. The third-order valence-electron chi connectivity index (χ3n) is 3.48. The van der Waals surface area contributed by atoms with Gasteiger partial charge in [0, 0.05) is 45.3 Å². The third kappa shape index (κ3) is 4.07. The number of nitrogens with one attached hydrogen (secondary N) is 2. The summed E-state index contributed by atoms with van der Waals surface area (Å²) in [5.41, 5.74) is 0. The molecule has 0 aliphatic carbocycles. The smallest absolute Gasteiger partial charge is 0.373 e. The number of furan rings is 1. The second-order valence-corrected chi connectivity index (χ2v) is 6.75. The van der Waals surface area contributed by atoms with Crippen molar-refractivity contribution in [3.63, 3.8) is 0 Å². The SMILES string of the molecule is COC(=O)c1cc(S(=O)(=O)NCCN2CCNCC2)c(C)o1. The summed E-state index contributed by atoms with van der Waals surface area (Å²) in [6.45, 7) is 6.07. The van der Waals surface area contributed by atoms with Gasteiger partial charge in [-0.25, -0.2) is 17.9 Å². The Kier molecular flexibility index (Phi) is 5.57. The van der Waals surface area contributed by atoms with E-state index in [1.54, 1.807) is 0 Å². The molecule has 0 bridgehead atoms. The molecule has 1 saturated heterocycles. The number of piperazine rings is 1. The molecule has 2 rings (SSSR count). The molecule has 1 fully saturated rings. The lowest BCUT2D eigenvalue weighted by Gasteiger charge is -2.26. The molecular weight excluding hydrogens is 310 g/mol. The molecule has 1 aromatic heterocycles. The number of aryl methyl sites for hydroxylation is 1. The van der Waals surface area contributed by atoms with Crippen LogP contribution in [0.4, 0.5) is 0 Å². The highest BCUT2D eigenvalue weighted by Crippen LogP contribution is 2.20. The average Bonchev–Trinajstić information content (AvgIpc) is 2.90. The molecule has 22 heavy (non-hydrogen) atoms. The highest BCUT2D eigenvalue weighted by molar-refractivity contribution is 7.89. The average molecular weight is 331 g/mol. The maximum absolute atomic E-state index is 12.3. The highest BCUT2D eigenvalue weighted by Gasteiger charge is 2.24. The lowest BCUT2D eigenvalue weighted by molar-refractivity contribution is 0.0563. The number of esters is 1. The topological polar surface area (TPSA) is 101 Å². The van der Waals surface area contributed by atoms with Crippen LogP contribution in [0.1, 0.15) is 16.3 Å². The Bertz CT molecular complexity index is 620. The van der Waals surface area contributed by atoms with Gasteiger partial charge in [0.2, 0.25) is 15.8 Å². The minimum Gasteiger partial charge on any atom is -0.463 e. The van der Waals surface area contributed by atoms with Crippen molar-refractivity contribution in [3.05, 3.63) is 17.6 Å². The number of methoxy groups -OCH3 is 1. The molecule has 9 heteroatoms. The Morgan fingerprint density at radius 3 is 2.77 bits per heavy atom. The van der Waals surface area contributed by atoms with Gasteiger partial charge in [-0.3, -0.25) is 4.90 Å². The molecule has 1 aromatic rings. The van der Waals surface area contributed by atoms with Crippen LogP contribution in [0.2, 0.25) is 0 Å². The zero-order valence-electron chi connectivity index (χ0n) is 12.7. The predicted molar refractivity (Wildman–Crippen MR) is 79.3 cm³/mol. The summed E-state index contributed by atoms with van der Waals surface area (Å²) < 4.78 is 36.7. The van der Waals surface area contributed by atoms with Crippen molar-refractivity contribution in [2.24, 2.45) is 0 Å². The quantitative estimate of drug-likeness (QED) is 0.681. The number of carbonyl (C=O) groups is 1. The number of rotatable bonds is 6. The Balaban J connectivity index is 1.97. The number of ether oxygens (including phenoxy) is 1. The molecule has 0 atom stereocenters. The van der Waals surface area contributed by atoms with Gasteiger partial charge in [-0.15, -0.1) is 0 Å². The Morgan fingerprint density at radius 1 is 1.45 bits per heavy atom. The maximum atomic E-state index is 12.3. The molecule has 0 spiro atoms. The van der Waals surface area contributed by atoms with Crippen molar-refractivity contribution in [1.82, 2.24) is 14.9 Å². The predicted octanol–water partition coefficient (Wildman–Crippen LogP) is -0.442. The zero-order chi connectivity index (χ0) is 16.2. The molecule has 1 aliphatic heterocycles. The van der Waals surface area contributed by atoms with Gasteiger partial charge in [0.15, 0.2) is 0 Å².